The second-order valence-corrected chi connectivity index (χ2v) is 16.5. The first-order valence-corrected chi connectivity index (χ1v) is 18.3. The fourth-order valence-electron chi connectivity index (χ4n) is 5.97. The molecule has 2 aromatic heterocycles. The summed E-state index contributed by atoms with van der Waals surface area (Å²) in [5.41, 5.74) is 6.15. The van der Waals surface area contributed by atoms with E-state index < -0.39 is 20.4 Å². The Hall–Kier alpha value is -4.93. The summed E-state index contributed by atoms with van der Waals surface area (Å²) in [6.07, 6.45) is 2.12. The van der Waals surface area contributed by atoms with E-state index in [0.717, 1.165) is 68.9 Å². The highest BCUT2D eigenvalue weighted by molar-refractivity contribution is 6.78. The van der Waals surface area contributed by atoms with Crippen molar-refractivity contribution >= 4 is 53.6 Å². The molecular weight excluding hydrogens is 597 g/mol. The van der Waals surface area contributed by atoms with Crippen LogP contribution in [0.3, 0.4) is 0 Å². The predicted molar refractivity (Wildman–Crippen MR) is 185 cm³/mol. The minimum absolute atomic E-state index is 0.0467. The number of H-pyrrole nitrogens is 1. The Bertz CT molecular complexity index is 1970. The smallest absolute Gasteiger partial charge is 0.411 e. The van der Waals surface area contributed by atoms with E-state index >= 15 is 0 Å². The monoisotopic (exact) mass is 634 g/mol. The number of amides is 1. The average molecular weight is 635 g/mol. The minimum atomic E-state index is -1.95. The molecule has 1 unspecified atom stereocenters. The van der Waals surface area contributed by atoms with Crippen LogP contribution in [0.15, 0.2) is 84.7 Å². The van der Waals surface area contributed by atoms with Gasteiger partial charge in [-0.1, -0.05) is 53.7 Å². The van der Waals surface area contributed by atoms with Crippen molar-refractivity contribution in [2.75, 3.05) is 23.3 Å². The third kappa shape index (κ3) is 6.13. The fourth-order valence-corrected chi connectivity index (χ4v) is 7.20. The molecule has 0 saturated carbocycles. The molecule has 3 heterocycles. The van der Waals surface area contributed by atoms with Gasteiger partial charge in [-0.15, -0.1) is 6.58 Å². The number of benzene rings is 3. The van der Waals surface area contributed by atoms with Crippen molar-refractivity contribution in [1.29, 1.82) is 0 Å². The van der Waals surface area contributed by atoms with Gasteiger partial charge < -0.3 is 24.2 Å². The van der Waals surface area contributed by atoms with Crippen LogP contribution in [0.1, 0.15) is 35.0 Å². The lowest BCUT2D eigenvalue weighted by atomic mass is 9.96. The molecule has 46 heavy (non-hydrogen) atoms. The number of carboxylic acids is 1. The Morgan fingerprint density at radius 1 is 1.11 bits per heavy atom. The highest BCUT2D eigenvalue weighted by Crippen LogP contribution is 2.39. The van der Waals surface area contributed by atoms with Crippen molar-refractivity contribution in [3.8, 4) is 11.1 Å². The van der Waals surface area contributed by atoms with Gasteiger partial charge in [-0.25, -0.2) is 14.6 Å². The molecule has 1 aliphatic rings. The number of aromatic amines is 1. The molecule has 0 aliphatic carbocycles. The first-order valence-electron chi connectivity index (χ1n) is 15.4. The molecule has 1 fully saturated rings. The van der Waals surface area contributed by atoms with Crippen LogP contribution in [0.25, 0.3) is 32.9 Å². The molecule has 0 bridgehead atoms. The van der Waals surface area contributed by atoms with Gasteiger partial charge >= 0.3 is 12.1 Å². The number of fused-ring (bicyclic) bond motifs is 3. The number of carbonyl (C=O) groups is 2. The van der Waals surface area contributed by atoms with Crippen LogP contribution in [-0.2, 0) is 15.8 Å². The first kappa shape index (κ1) is 31.1. The molecule has 3 aromatic carbocycles. The maximum Gasteiger partial charge on any atom is 0.411 e. The van der Waals surface area contributed by atoms with Crippen LogP contribution in [0.4, 0.5) is 16.2 Å². The van der Waals surface area contributed by atoms with Crippen molar-refractivity contribution in [3.05, 3.63) is 102 Å². The molecule has 0 radical (unpaired) electrons. The number of aromatic nitrogens is 2. The highest BCUT2D eigenvalue weighted by Gasteiger charge is 2.32. The SMILES string of the molecule is C=C(C)[Si](C)(C)OC1CCN(c2ccc3c(c2)[nH]c2c(C(=O)O)ncc(-c4cccc(NC(=O)OCc5ccccc5)c4C)c23)C1. The summed E-state index contributed by atoms with van der Waals surface area (Å²) < 4.78 is 12.0. The number of allylic oxidation sites excluding steroid dienone is 1. The first-order chi connectivity index (χ1) is 22.0. The lowest BCUT2D eigenvalue weighted by molar-refractivity contribution is 0.0692. The van der Waals surface area contributed by atoms with Crippen molar-refractivity contribution < 1.29 is 23.9 Å². The van der Waals surface area contributed by atoms with Crippen molar-refractivity contribution in [3.63, 3.8) is 0 Å². The van der Waals surface area contributed by atoms with Crippen LogP contribution < -0.4 is 10.2 Å². The van der Waals surface area contributed by atoms with Crippen molar-refractivity contribution in [2.24, 2.45) is 0 Å². The van der Waals surface area contributed by atoms with Gasteiger partial charge in [-0.3, -0.25) is 5.32 Å². The zero-order valence-corrected chi connectivity index (χ0v) is 27.5. The summed E-state index contributed by atoms with van der Waals surface area (Å²) in [5.74, 6) is -1.11. The number of aromatic carboxylic acids is 1. The van der Waals surface area contributed by atoms with Crippen molar-refractivity contribution in [2.45, 2.75) is 46.1 Å². The number of carboxylic acid groups (broad SMARTS) is 1. The van der Waals surface area contributed by atoms with Gasteiger partial charge in [-0.05, 0) is 68.3 Å². The van der Waals surface area contributed by atoms with Crippen molar-refractivity contribution in [1.82, 2.24) is 9.97 Å². The summed E-state index contributed by atoms with van der Waals surface area (Å²) in [6.45, 7) is 14.3. The summed E-state index contributed by atoms with van der Waals surface area (Å²) in [6, 6.07) is 21.3. The topological polar surface area (TPSA) is 117 Å². The number of nitrogens with one attached hydrogen (secondary N) is 2. The van der Waals surface area contributed by atoms with Crippen LogP contribution in [-0.4, -0.2) is 54.6 Å². The molecular formula is C36H38N4O5Si. The van der Waals surface area contributed by atoms with Gasteiger partial charge in [0.2, 0.25) is 8.32 Å². The predicted octanol–water partition coefficient (Wildman–Crippen LogP) is 8.05. The molecule has 5 aromatic rings. The maximum atomic E-state index is 12.7. The molecule has 1 saturated heterocycles. The number of nitrogens with zero attached hydrogens (tertiary/aromatic N) is 2. The largest absolute Gasteiger partial charge is 0.476 e. The van der Waals surface area contributed by atoms with E-state index in [1.54, 1.807) is 6.20 Å². The number of anilines is 2. The van der Waals surface area contributed by atoms with Crippen LogP contribution in [0, 0.1) is 6.92 Å². The molecule has 236 valence electrons. The summed E-state index contributed by atoms with van der Waals surface area (Å²) in [5, 5.41) is 15.7. The lowest BCUT2D eigenvalue weighted by Crippen LogP contribution is -2.38. The Morgan fingerprint density at radius 3 is 2.63 bits per heavy atom. The maximum absolute atomic E-state index is 12.7. The molecule has 3 N–H and O–H groups in total. The normalized spacial score (nSPS) is 15.0. The highest BCUT2D eigenvalue weighted by atomic mass is 28.4. The summed E-state index contributed by atoms with van der Waals surface area (Å²) >= 11 is 0. The van der Waals surface area contributed by atoms with Gasteiger partial charge in [0, 0.05) is 52.5 Å². The van der Waals surface area contributed by atoms with Crippen LogP contribution >= 0.6 is 0 Å². The van der Waals surface area contributed by atoms with E-state index in [0.29, 0.717) is 11.2 Å². The van der Waals surface area contributed by atoms with Gasteiger partial charge in [-0.2, -0.15) is 0 Å². The number of hydrogen-bond acceptors (Lipinski definition) is 6. The number of ether oxygens (including phenoxy) is 1. The number of pyridine rings is 1. The molecule has 1 aliphatic heterocycles. The van der Waals surface area contributed by atoms with Crippen LogP contribution in [0.5, 0.6) is 0 Å². The third-order valence-electron chi connectivity index (χ3n) is 8.89. The molecule has 1 amide bonds. The Morgan fingerprint density at radius 2 is 1.89 bits per heavy atom. The van der Waals surface area contributed by atoms with Crippen LogP contribution in [0.2, 0.25) is 13.1 Å². The van der Waals surface area contributed by atoms with E-state index in [1.165, 1.54) is 0 Å². The second-order valence-electron chi connectivity index (χ2n) is 12.4. The Balaban J connectivity index is 1.32. The van der Waals surface area contributed by atoms with E-state index in [4.69, 9.17) is 9.16 Å². The number of rotatable bonds is 9. The van der Waals surface area contributed by atoms with E-state index in [1.807, 2.05) is 68.4 Å². The zero-order valence-electron chi connectivity index (χ0n) is 26.5. The molecule has 9 nitrogen and oxygen atoms in total. The minimum Gasteiger partial charge on any atom is -0.476 e. The van der Waals surface area contributed by atoms with Gasteiger partial charge in [0.1, 0.15) is 6.61 Å². The summed E-state index contributed by atoms with van der Waals surface area (Å²) in [7, 11) is -1.95. The molecule has 6 rings (SSSR count). The summed E-state index contributed by atoms with van der Waals surface area (Å²) in [4.78, 5) is 35.0. The van der Waals surface area contributed by atoms with Gasteiger partial charge in [0.05, 0.1) is 11.6 Å². The van der Waals surface area contributed by atoms with E-state index in [9.17, 15) is 14.7 Å². The van der Waals surface area contributed by atoms with E-state index in [-0.39, 0.29) is 18.4 Å². The lowest BCUT2D eigenvalue weighted by Gasteiger charge is -2.28. The third-order valence-corrected chi connectivity index (χ3v) is 11.9. The zero-order chi connectivity index (χ0) is 32.6. The average Bonchev–Trinajstić information content (AvgIpc) is 3.65. The van der Waals surface area contributed by atoms with E-state index in [2.05, 4.69) is 52.0 Å². The molecule has 1 atom stereocenters. The fraction of sp³-hybridized carbons (Fsp3) is 0.250. The quantitative estimate of drug-likeness (QED) is 0.140. The number of hydrogen-bond donors (Lipinski definition) is 3. The second kappa shape index (κ2) is 12.5. The standard InChI is InChI=1S/C36H38N4O5Si/c1-22(2)46(4,5)45-26-16-17-40(20-26)25-14-15-28-31(18-25)38-33-32(28)29(19-37-34(33)35(41)42)27-12-9-13-30(23(27)3)39-36(43)44-21-24-10-7-6-8-11-24/h6-15,18-19,26,38H,1,16-17,20-21H2,2-5H3,(H,39,43)(H,41,42). The molecule has 0 spiro atoms. The Labute approximate surface area is 269 Å². The number of carbonyl (C=O) groups excluding carboxylic acids is 1. The Kier molecular flexibility index (Phi) is 8.41. The van der Waals surface area contributed by atoms with Gasteiger partial charge in [0.15, 0.2) is 5.69 Å². The van der Waals surface area contributed by atoms with Gasteiger partial charge in [0.25, 0.3) is 0 Å². The molecule has 10 heteroatoms.